The van der Waals surface area contributed by atoms with E-state index in [9.17, 15) is 9.59 Å². The molecule has 0 saturated carbocycles. The second kappa shape index (κ2) is 4.21. The standard InChI is InChI=1S/C9H8Br2N2O3/c10-5-2-6-9(16)12-3-4(1-7(14)15)13(6)8(5)11/h2,4H,1,3H2,(H,12,16)(H,14,15)/t4-/m1/s1. The van der Waals surface area contributed by atoms with E-state index < -0.39 is 5.97 Å². The van der Waals surface area contributed by atoms with Crippen LogP contribution in [-0.4, -0.2) is 28.1 Å². The summed E-state index contributed by atoms with van der Waals surface area (Å²) in [6.45, 7) is 0.331. The first-order valence-corrected chi connectivity index (χ1v) is 6.15. The molecule has 1 aliphatic heterocycles. The van der Waals surface area contributed by atoms with E-state index in [2.05, 4.69) is 37.2 Å². The number of hydrogen-bond acceptors (Lipinski definition) is 2. The number of hydrogen-bond donors (Lipinski definition) is 2. The molecule has 1 aromatic heterocycles. The summed E-state index contributed by atoms with van der Waals surface area (Å²) in [5.41, 5.74) is 0.469. The van der Waals surface area contributed by atoms with Gasteiger partial charge >= 0.3 is 5.97 Å². The number of nitrogens with one attached hydrogen (secondary N) is 1. The molecule has 86 valence electrons. The minimum atomic E-state index is -0.885. The van der Waals surface area contributed by atoms with Gasteiger partial charge in [-0.2, -0.15) is 0 Å². The van der Waals surface area contributed by atoms with E-state index in [1.54, 1.807) is 10.6 Å². The first kappa shape index (κ1) is 11.7. The van der Waals surface area contributed by atoms with Crippen molar-refractivity contribution >= 4 is 43.7 Å². The fraction of sp³-hybridized carbons (Fsp3) is 0.333. The molecule has 0 radical (unpaired) electrons. The zero-order valence-corrected chi connectivity index (χ0v) is 11.2. The van der Waals surface area contributed by atoms with Gasteiger partial charge in [-0.15, -0.1) is 0 Å². The molecule has 0 aromatic carbocycles. The Labute approximate surface area is 108 Å². The van der Waals surface area contributed by atoms with Crippen LogP contribution in [0.1, 0.15) is 23.0 Å². The first-order valence-electron chi connectivity index (χ1n) is 4.57. The lowest BCUT2D eigenvalue weighted by Crippen LogP contribution is -2.39. The molecule has 1 amide bonds. The van der Waals surface area contributed by atoms with Crippen LogP contribution in [0.2, 0.25) is 0 Å². The predicted molar refractivity (Wildman–Crippen MR) is 63.5 cm³/mol. The molecular formula is C9H8Br2N2O3. The van der Waals surface area contributed by atoms with Gasteiger partial charge in [0.2, 0.25) is 0 Å². The van der Waals surface area contributed by atoms with Crippen molar-refractivity contribution in [1.82, 2.24) is 9.88 Å². The number of carbonyl (C=O) groups excluding carboxylic acids is 1. The van der Waals surface area contributed by atoms with Gasteiger partial charge in [-0.1, -0.05) is 0 Å². The van der Waals surface area contributed by atoms with Crippen LogP contribution in [0.15, 0.2) is 15.1 Å². The molecule has 0 saturated heterocycles. The fourth-order valence-electron chi connectivity index (χ4n) is 1.76. The molecule has 5 nitrogen and oxygen atoms in total. The Hall–Kier alpha value is -0.820. The molecule has 0 unspecified atom stereocenters. The summed E-state index contributed by atoms with van der Waals surface area (Å²) in [4.78, 5) is 22.3. The van der Waals surface area contributed by atoms with Gasteiger partial charge in [0.25, 0.3) is 5.91 Å². The van der Waals surface area contributed by atoms with Crippen molar-refractivity contribution in [2.24, 2.45) is 0 Å². The van der Waals surface area contributed by atoms with Crippen molar-refractivity contribution < 1.29 is 14.7 Å². The van der Waals surface area contributed by atoms with Crippen LogP contribution < -0.4 is 5.32 Å². The van der Waals surface area contributed by atoms with E-state index in [0.717, 1.165) is 4.47 Å². The molecule has 2 rings (SSSR count). The normalized spacial score (nSPS) is 19.1. The second-order valence-electron chi connectivity index (χ2n) is 3.50. The summed E-state index contributed by atoms with van der Waals surface area (Å²) >= 11 is 6.64. The summed E-state index contributed by atoms with van der Waals surface area (Å²) in [7, 11) is 0. The smallest absolute Gasteiger partial charge is 0.305 e. The van der Waals surface area contributed by atoms with Crippen molar-refractivity contribution in [2.45, 2.75) is 12.5 Å². The number of carboxylic acid groups (broad SMARTS) is 1. The highest BCUT2D eigenvalue weighted by molar-refractivity contribution is 9.13. The summed E-state index contributed by atoms with van der Waals surface area (Å²) in [5.74, 6) is -1.07. The van der Waals surface area contributed by atoms with E-state index in [1.807, 2.05) is 0 Å². The van der Waals surface area contributed by atoms with Crippen LogP contribution >= 0.6 is 31.9 Å². The molecule has 0 spiro atoms. The maximum Gasteiger partial charge on any atom is 0.305 e. The Morgan fingerprint density at radius 2 is 2.31 bits per heavy atom. The largest absolute Gasteiger partial charge is 0.481 e. The number of aromatic nitrogens is 1. The van der Waals surface area contributed by atoms with E-state index >= 15 is 0 Å². The van der Waals surface area contributed by atoms with Gasteiger partial charge in [-0.05, 0) is 37.9 Å². The van der Waals surface area contributed by atoms with Crippen LogP contribution in [0.5, 0.6) is 0 Å². The predicted octanol–water partition coefficient (Wildman–Crippen LogP) is 1.77. The monoisotopic (exact) mass is 350 g/mol. The van der Waals surface area contributed by atoms with Crippen LogP contribution in [-0.2, 0) is 4.79 Å². The van der Waals surface area contributed by atoms with Gasteiger partial charge in [0, 0.05) is 6.54 Å². The average molecular weight is 352 g/mol. The highest BCUT2D eigenvalue weighted by Gasteiger charge is 2.29. The van der Waals surface area contributed by atoms with E-state index in [1.165, 1.54) is 0 Å². The fourth-order valence-corrected chi connectivity index (χ4v) is 2.76. The maximum absolute atomic E-state index is 11.6. The number of amides is 1. The minimum Gasteiger partial charge on any atom is -0.481 e. The topological polar surface area (TPSA) is 71.3 Å². The van der Waals surface area contributed by atoms with E-state index in [4.69, 9.17) is 5.11 Å². The third kappa shape index (κ3) is 1.89. The summed E-state index contributed by atoms with van der Waals surface area (Å²) in [6.07, 6.45) is -0.0208. The molecular weight excluding hydrogens is 344 g/mol. The van der Waals surface area contributed by atoms with Crippen molar-refractivity contribution in [3.8, 4) is 0 Å². The zero-order valence-electron chi connectivity index (χ0n) is 8.04. The van der Waals surface area contributed by atoms with Crippen LogP contribution in [0, 0.1) is 0 Å². The lowest BCUT2D eigenvalue weighted by Gasteiger charge is -2.26. The first-order chi connectivity index (χ1) is 7.50. The third-order valence-electron chi connectivity index (χ3n) is 2.44. The zero-order chi connectivity index (χ0) is 11.9. The minimum absolute atomic E-state index is 0.0208. The summed E-state index contributed by atoms with van der Waals surface area (Å²) in [5, 5.41) is 11.5. The van der Waals surface area contributed by atoms with Crippen molar-refractivity contribution in [3.63, 3.8) is 0 Å². The van der Waals surface area contributed by atoms with Gasteiger partial charge in [0.1, 0.15) is 5.69 Å². The second-order valence-corrected chi connectivity index (χ2v) is 5.11. The Bertz CT molecular complexity index is 470. The lowest BCUT2D eigenvalue weighted by atomic mass is 10.1. The summed E-state index contributed by atoms with van der Waals surface area (Å²) in [6, 6.07) is 1.42. The maximum atomic E-state index is 11.6. The average Bonchev–Trinajstić information content (AvgIpc) is 2.49. The number of rotatable bonds is 2. The van der Waals surface area contributed by atoms with E-state index in [-0.39, 0.29) is 18.4 Å². The SMILES string of the molecule is O=C(O)C[C@@H]1CNC(=O)c2cc(Br)c(Br)n21. The third-order valence-corrected chi connectivity index (χ3v) is 4.38. The van der Waals surface area contributed by atoms with Gasteiger partial charge in [0.15, 0.2) is 0 Å². The molecule has 2 heterocycles. The molecule has 0 bridgehead atoms. The van der Waals surface area contributed by atoms with Crippen molar-refractivity contribution in [3.05, 3.63) is 20.8 Å². The number of carboxylic acids is 1. The molecule has 1 atom stereocenters. The molecule has 16 heavy (non-hydrogen) atoms. The molecule has 0 fully saturated rings. The number of fused-ring (bicyclic) bond motifs is 1. The van der Waals surface area contributed by atoms with E-state index in [0.29, 0.717) is 16.8 Å². The van der Waals surface area contributed by atoms with Crippen molar-refractivity contribution in [1.29, 1.82) is 0 Å². The number of nitrogens with zero attached hydrogens (tertiary/aromatic N) is 1. The molecule has 0 aliphatic carbocycles. The van der Waals surface area contributed by atoms with Gasteiger partial charge in [-0.3, -0.25) is 9.59 Å². The molecule has 2 N–H and O–H groups in total. The van der Waals surface area contributed by atoms with Gasteiger partial charge in [-0.25, -0.2) is 0 Å². The Balaban J connectivity index is 2.46. The van der Waals surface area contributed by atoms with Crippen molar-refractivity contribution in [2.75, 3.05) is 6.54 Å². The molecule has 1 aromatic rings. The number of carbonyl (C=O) groups is 2. The summed E-state index contributed by atoms with van der Waals surface area (Å²) < 4.78 is 3.15. The number of aliphatic carboxylic acids is 1. The molecule has 7 heteroatoms. The van der Waals surface area contributed by atoms with Gasteiger partial charge in [0.05, 0.1) is 21.5 Å². The van der Waals surface area contributed by atoms with Crippen LogP contribution in [0.25, 0.3) is 0 Å². The van der Waals surface area contributed by atoms with Crippen LogP contribution in [0.3, 0.4) is 0 Å². The molecule has 1 aliphatic rings. The lowest BCUT2D eigenvalue weighted by molar-refractivity contribution is -0.137. The highest BCUT2D eigenvalue weighted by atomic mass is 79.9. The highest BCUT2D eigenvalue weighted by Crippen LogP contribution is 2.33. The van der Waals surface area contributed by atoms with Crippen LogP contribution in [0.4, 0.5) is 0 Å². The quantitative estimate of drug-likeness (QED) is 0.853. The Kier molecular flexibility index (Phi) is 3.07. The van der Waals surface area contributed by atoms with Gasteiger partial charge < -0.3 is 15.0 Å². The Morgan fingerprint density at radius 3 is 2.94 bits per heavy atom. The number of halogens is 2. The Morgan fingerprint density at radius 1 is 1.62 bits per heavy atom.